The smallest absolute Gasteiger partial charge is 0.307 e. The Morgan fingerprint density at radius 2 is 2.08 bits per heavy atom. The molecule has 2 nitrogen and oxygen atoms in total. The molecule has 5 aliphatic carbocycles. The summed E-state index contributed by atoms with van der Waals surface area (Å²) in [6.45, 7) is 2.12. The summed E-state index contributed by atoms with van der Waals surface area (Å²) < 4.78 is 0. The molecular weight excluding hydrogens is 296 g/mol. The van der Waals surface area contributed by atoms with Crippen LogP contribution in [0.5, 0.6) is 0 Å². The molecule has 4 fully saturated rings. The van der Waals surface area contributed by atoms with Crippen LogP contribution in [0, 0.1) is 40.9 Å². The number of unbranched alkanes of at least 4 members (excludes halogenated alkanes) is 1. The number of aliphatic carboxylic acids is 1. The summed E-state index contributed by atoms with van der Waals surface area (Å²) >= 11 is 0. The Kier molecular flexibility index (Phi) is 4.02. The Balaban J connectivity index is 1.31. The normalized spacial score (nSPS) is 42.1. The molecule has 7 atom stereocenters. The summed E-state index contributed by atoms with van der Waals surface area (Å²) in [5, 5.41) is 9.87. The number of rotatable bonds is 9. The van der Waals surface area contributed by atoms with Gasteiger partial charge in [-0.15, -0.1) is 0 Å². The number of allylic oxidation sites excluding steroid dienone is 8. The van der Waals surface area contributed by atoms with E-state index in [0.29, 0.717) is 11.8 Å². The van der Waals surface area contributed by atoms with Crippen LogP contribution in [0.15, 0.2) is 48.6 Å². The molecule has 6 bridgehead atoms. The van der Waals surface area contributed by atoms with E-state index in [1.165, 1.54) is 6.42 Å². The fourth-order valence-electron chi connectivity index (χ4n) is 6.36. The summed E-state index contributed by atoms with van der Waals surface area (Å²) in [4.78, 5) is 12.0. The van der Waals surface area contributed by atoms with Crippen molar-refractivity contribution in [2.45, 2.75) is 39.0 Å². The average Bonchev–Trinajstić information content (AvgIpc) is 2.87. The van der Waals surface area contributed by atoms with Crippen molar-refractivity contribution < 1.29 is 9.90 Å². The third kappa shape index (κ3) is 2.18. The lowest BCUT2D eigenvalue weighted by Crippen LogP contribution is -2.37. The van der Waals surface area contributed by atoms with Gasteiger partial charge in [-0.05, 0) is 61.7 Å². The predicted octanol–water partition coefficient (Wildman–Crippen LogP) is 5.00. The lowest BCUT2D eigenvalue weighted by molar-refractivity contribution is -0.146. The number of hydrogen-bond acceptors (Lipinski definition) is 1. The number of carbonyl (C=O) groups is 1. The molecule has 1 N–H and O–H groups in total. The number of hydrogen-bond donors (Lipinski definition) is 1. The SMILES string of the molecule is CCC=CC=CC=CCCCC(C(=O)O)C12C=CC3C4C(CC31)C42. The average molecular weight is 324 g/mol. The molecule has 0 spiro atoms. The van der Waals surface area contributed by atoms with Crippen LogP contribution in [0.1, 0.15) is 39.0 Å². The second-order valence-corrected chi connectivity index (χ2v) is 8.02. The highest BCUT2D eigenvalue weighted by Gasteiger charge is 2.82. The van der Waals surface area contributed by atoms with Crippen molar-refractivity contribution in [3.8, 4) is 0 Å². The van der Waals surface area contributed by atoms with Gasteiger partial charge in [-0.25, -0.2) is 0 Å². The number of carboxylic acid groups (broad SMARTS) is 1. The van der Waals surface area contributed by atoms with E-state index in [1.54, 1.807) is 0 Å². The maximum Gasteiger partial charge on any atom is 0.307 e. The van der Waals surface area contributed by atoms with Gasteiger partial charge in [0.1, 0.15) is 0 Å². The highest BCUT2D eigenvalue weighted by molar-refractivity contribution is 5.73. The van der Waals surface area contributed by atoms with E-state index >= 15 is 0 Å². The molecule has 0 aromatic carbocycles. The van der Waals surface area contributed by atoms with E-state index in [4.69, 9.17) is 0 Å². The number of carboxylic acids is 1. The quantitative estimate of drug-likeness (QED) is 0.368. The molecule has 24 heavy (non-hydrogen) atoms. The Hall–Kier alpha value is -1.57. The van der Waals surface area contributed by atoms with Gasteiger partial charge in [0.05, 0.1) is 5.92 Å². The van der Waals surface area contributed by atoms with E-state index in [2.05, 4.69) is 43.4 Å². The Morgan fingerprint density at radius 3 is 2.71 bits per heavy atom. The van der Waals surface area contributed by atoms with Crippen LogP contribution in [0.4, 0.5) is 0 Å². The molecule has 4 saturated carbocycles. The van der Waals surface area contributed by atoms with Gasteiger partial charge in [0.2, 0.25) is 0 Å². The van der Waals surface area contributed by atoms with Crippen LogP contribution >= 0.6 is 0 Å². The van der Waals surface area contributed by atoms with Crippen LogP contribution in [-0.2, 0) is 4.79 Å². The summed E-state index contributed by atoms with van der Waals surface area (Å²) in [6.07, 6.45) is 22.3. The molecule has 5 aliphatic rings. The summed E-state index contributed by atoms with van der Waals surface area (Å²) in [5.74, 6) is 3.07. The van der Waals surface area contributed by atoms with Crippen molar-refractivity contribution in [3.05, 3.63) is 48.6 Å². The molecule has 0 amide bonds. The topological polar surface area (TPSA) is 37.3 Å². The van der Waals surface area contributed by atoms with E-state index < -0.39 is 5.97 Å². The van der Waals surface area contributed by atoms with Gasteiger partial charge >= 0.3 is 5.97 Å². The van der Waals surface area contributed by atoms with Crippen molar-refractivity contribution in [1.29, 1.82) is 0 Å². The minimum atomic E-state index is -0.563. The van der Waals surface area contributed by atoms with E-state index in [9.17, 15) is 9.90 Å². The third-order valence-corrected chi connectivity index (χ3v) is 7.10. The first kappa shape index (κ1) is 15.9. The van der Waals surface area contributed by atoms with Crippen LogP contribution in [0.3, 0.4) is 0 Å². The summed E-state index contributed by atoms with van der Waals surface area (Å²) in [6, 6.07) is 0. The van der Waals surface area contributed by atoms with E-state index in [1.807, 2.05) is 12.2 Å². The van der Waals surface area contributed by atoms with Gasteiger partial charge in [0.25, 0.3) is 0 Å². The molecule has 0 radical (unpaired) electrons. The standard InChI is InChI=1S/C22H28O2/c1-2-3-4-5-6-7-8-9-10-11-17(21(23)24)22-13-12-15-18(22)14-16-19(15)20(16)22/h3-8,12-13,15-20H,2,9-11,14H2,1H3,(H,23,24). The molecule has 0 aromatic rings. The fourth-order valence-corrected chi connectivity index (χ4v) is 6.36. The molecule has 0 aromatic heterocycles. The highest BCUT2D eigenvalue weighted by atomic mass is 16.4. The van der Waals surface area contributed by atoms with Gasteiger partial charge in [-0.1, -0.05) is 55.5 Å². The van der Waals surface area contributed by atoms with Gasteiger partial charge in [-0.2, -0.15) is 0 Å². The van der Waals surface area contributed by atoms with Crippen LogP contribution in [-0.4, -0.2) is 11.1 Å². The molecule has 0 heterocycles. The Labute approximate surface area is 145 Å². The molecule has 0 aliphatic heterocycles. The molecular formula is C22H28O2. The first-order chi connectivity index (χ1) is 11.7. The lowest BCUT2D eigenvalue weighted by atomic mass is 9.68. The summed E-state index contributed by atoms with van der Waals surface area (Å²) in [5.41, 5.74) is 0.0282. The molecule has 7 unspecified atom stereocenters. The van der Waals surface area contributed by atoms with Gasteiger partial charge in [0.15, 0.2) is 0 Å². The van der Waals surface area contributed by atoms with E-state index in [0.717, 1.165) is 43.4 Å². The molecule has 128 valence electrons. The van der Waals surface area contributed by atoms with Crippen LogP contribution in [0.2, 0.25) is 0 Å². The zero-order valence-corrected chi connectivity index (χ0v) is 14.5. The van der Waals surface area contributed by atoms with Gasteiger partial charge in [-0.3, -0.25) is 4.79 Å². The monoisotopic (exact) mass is 324 g/mol. The van der Waals surface area contributed by atoms with Crippen molar-refractivity contribution in [2.24, 2.45) is 40.9 Å². The molecule has 5 rings (SSSR count). The van der Waals surface area contributed by atoms with Crippen molar-refractivity contribution in [1.82, 2.24) is 0 Å². The minimum absolute atomic E-state index is 0.0282. The van der Waals surface area contributed by atoms with Crippen molar-refractivity contribution >= 4 is 5.97 Å². The highest BCUT2D eigenvalue weighted by Crippen LogP contribution is 2.85. The first-order valence-electron chi connectivity index (χ1n) is 9.62. The zero-order valence-electron chi connectivity index (χ0n) is 14.5. The zero-order chi connectivity index (χ0) is 16.7. The fraction of sp³-hybridized carbons (Fsp3) is 0.591. The molecule has 2 heteroatoms. The van der Waals surface area contributed by atoms with Gasteiger partial charge < -0.3 is 5.11 Å². The maximum absolute atomic E-state index is 12.0. The lowest BCUT2D eigenvalue weighted by Gasteiger charge is -2.34. The predicted molar refractivity (Wildman–Crippen MR) is 96.3 cm³/mol. The minimum Gasteiger partial charge on any atom is -0.481 e. The van der Waals surface area contributed by atoms with Crippen LogP contribution in [0.25, 0.3) is 0 Å². The van der Waals surface area contributed by atoms with Crippen molar-refractivity contribution in [2.75, 3.05) is 0 Å². The largest absolute Gasteiger partial charge is 0.481 e. The third-order valence-electron chi connectivity index (χ3n) is 7.10. The summed E-state index contributed by atoms with van der Waals surface area (Å²) in [7, 11) is 0. The molecule has 0 saturated heterocycles. The second kappa shape index (κ2) is 6.06. The van der Waals surface area contributed by atoms with Crippen LogP contribution < -0.4 is 0 Å². The Bertz CT molecular complexity index is 626. The maximum atomic E-state index is 12.0. The van der Waals surface area contributed by atoms with Gasteiger partial charge in [0, 0.05) is 5.41 Å². The second-order valence-electron chi connectivity index (χ2n) is 8.02. The van der Waals surface area contributed by atoms with Crippen molar-refractivity contribution in [3.63, 3.8) is 0 Å². The first-order valence-corrected chi connectivity index (χ1v) is 9.62. The Morgan fingerprint density at radius 1 is 1.29 bits per heavy atom. The van der Waals surface area contributed by atoms with E-state index in [-0.39, 0.29) is 11.3 Å².